The summed E-state index contributed by atoms with van der Waals surface area (Å²) in [6.07, 6.45) is 1.49. The number of hydrogen-bond donors (Lipinski definition) is 0. The molecule has 2 aliphatic heterocycles. The molecule has 0 unspecified atom stereocenters. The van der Waals surface area contributed by atoms with Gasteiger partial charge in [0.15, 0.2) is 0 Å². The third kappa shape index (κ3) is 3.48. The molecule has 0 spiro atoms. The van der Waals surface area contributed by atoms with Gasteiger partial charge in [-0.25, -0.2) is 9.37 Å². The average molecular weight is 408 g/mol. The Morgan fingerprint density at radius 2 is 1.70 bits per heavy atom. The summed E-state index contributed by atoms with van der Waals surface area (Å²) in [4.78, 5) is 4.31. The molecule has 7 heteroatoms. The van der Waals surface area contributed by atoms with Crippen LogP contribution < -0.4 is 10.2 Å². The molecule has 0 radical (unpaired) electrons. The molecule has 0 saturated carbocycles. The summed E-state index contributed by atoms with van der Waals surface area (Å²) in [6, 6.07) is 8.66. The van der Waals surface area contributed by atoms with E-state index in [0.717, 1.165) is 12.0 Å². The molecule has 1 aromatic carbocycles. The predicted molar refractivity (Wildman–Crippen MR) is 113 cm³/mol. The first kappa shape index (κ1) is 20.8. The summed E-state index contributed by atoms with van der Waals surface area (Å²) < 4.78 is 33.3. The van der Waals surface area contributed by atoms with Gasteiger partial charge in [-0.2, -0.15) is 5.26 Å². The largest absolute Gasteiger partial charge is 0.494 e. The van der Waals surface area contributed by atoms with E-state index in [1.54, 1.807) is 12.1 Å². The van der Waals surface area contributed by atoms with Gasteiger partial charge in [-0.1, -0.05) is 12.1 Å². The Morgan fingerprint density at radius 1 is 1.03 bits per heavy atom. The maximum atomic E-state index is 15.3. The van der Waals surface area contributed by atoms with Gasteiger partial charge in [0, 0.05) is 11.1 Å². The third-order valence-corrected chi connectivity index (χ3v) is 6.36. The standard InChI is InChI=1S/C23H26BFN2O3/c1-21(2)10-9-17-18(12-15(13-26)27-20(17)28-21)16-8-7-14(11-19(16)25)24-29-22(3,4)23(5,6)30-24/h7-8,11-12H,9-10H2,1-6H3. The van der Waals surface area contributed by atoms with E-state index in [-0.39, 0.29) is 11.3 Å². The fraction of sp³-hybridized carbons (Fsp3) is 0.478. The van der Waals surface area contributed by atoms with E-state index in [1.165, 1.54) is 6.07 Å². The van der Waals surface area contributed by atoms with Crippen LogP contribution in [0.2, 0.25) is 0 Å². The van der Waals surface area contributed by atoms with Crippen LogP contribution in [0, 0.1) is 17.1 Å². The number of nitriles is 1. The zero-order valence-corrected chi connectivity index (χ0v) is 18.3. The molecule has 0 aliphatic carbocycles. The second kappa shape index (κ2) is 6.80. The van der Waals surface area contributed by atoms with Crippen molar-refractivity contribution in [3.8, 4) is 23.1 Å². The van der Waals surface area contributed by atoms with Gasteiger partial charge < -0.3 is 14.0 Å². The summed E-state index contributed by atoms with van der Waals surface area (Å²) in [5, 5.41) is 9.40. The number of benzene rings is 1. The van der Waals surface area contributed by atoms with Crippen LogP contribution in [0.25, 0.3) is 11.1 Å². The molecule has 3 heterocycles. The van der Waals surface area contributed by atoms with Crippen LogP contribution in [0.4, 0.5) is 4.39 Å². The Labute approximate surface area is 177 Å². The highest BCUT2D eigenvalue weighted by atomic mass is 19.1. The van der Waals surface area contributed by atoms with Crippen molar-refractivity contribution in [2.75, 3.05) is 0 Å². The highest BCUT2D eigenvalue weighted by molar-refractivity contribution is 6.62. The first-order valence-corrected chi connectivity index (χ1v) is 10.2. The van der Waals surface area contributed by atoms with Gasteiger partial charge in [0.25, 0.3) is 0 Å². The summed E-state index contributed by atoms with van der Waals surface area (Å²) in [5.74, 6) is 0.0130. The molecule has 1 fully saturated rings. The predicted octanol–water partition coefficient (Wildman–Crippen LogP) is 4.16. The quantitative estimate of drug-likeness (QED) is 0.699. The van der Waals surface area contributed by atoms with E-state index in [0.29, 0.717) is 28.9 Å². The molecule has 1 aromatic heterocycles. The molecule has 0 N–H and O–H groups in total. The van der Waals surface area contributed by atoms with Crippen molar-refractivity contribution in [1.29, 1.82) is 5.26 Å². The lowest BCUT2D eigenvalue weighted by molar-refractivity contribution is 0.00578. The lowest BCUT2D eigenvalue weighted by atomic mass is 9.78. The molecular weight excluding hydrogens is 382 g/mol. The number of nitrogens with zero attached hydrogens (tertiary/aromatic N) is 2. The zero-order chi connectivity index (χ0) is 21.9. The van der Waals surface area contributed by atoms with Crippen LogP contribution in [0.5, 0.6) is 5.88 Å². The Hall–Kier alpha value is -2.43. The molecule has 5 nitrogen and oxygen atoms in total. The number of pyridine rings is 1. The first-order valence-electron chi connectivity index (χ1n) is 10.2. The van der Waals surface area contributed by atoms with Crippen molar-refractivity contribution >= 4 is 12.6 Å². The molecule has 2 aliphatic rings. The second-order valence-corrected chi connectivity index (χ2v) is 9.64. The van der Waals surface area contributed by atoms with Crippen LogP contribution in [-0.2, 0) is 15.7 Å². The van der Waals surface area contributed by atoms with E-state index in [2.05, 4.69) is 11.1 Å². The zero-order valence-electron chi connectivity index (χ0n) is 18.3. The van der Waals surface area contributed by atoms with Gasteiger partial charge in [-0.15, -0.1) is 0 Å². The van der Waals surface area contributed by atoms with Crippen LogP contribution in [-0.4, -0.2) is 28.9 Å². The van der Waals surface area contributed by atoms with E-state index in [4.69, 9.17) is 14.0 Å². The highest BCUT2D eigenvalue weighted by Gasteiger charge is 2.51. The Bertz CT molecular complexity index is 1040. The minimum Gasteiger partial charge on any atom is -0.471 e. The molecule has 1 saturated heterocycles. The normalized spacial score (nSPS) is 20.9. The van der Waals surface area contributed by atoms with E-state index >= 15 is 4.39 Å². The average Bonchev–Trinajstić information content (AvgIpc) is 2.87. The molecule has 4 rings (SSSR count). The minimum atomic E-state index is -0.635. The monoisotopic (exact) mass is 408 g/mol. The van der Waals surface area contributed by atoms with Gasteiger partial charge in [-0.05, 0) is 77.5 Å². The molecule has 2 aromatic rings. The Balaban J connectivity index is 1.74. The molecule has 30 heavy (non-hydrogen) atoms. The number of hydrogen-bond acceptors (Lipinski definition) is 5. The maximum absolute atomic E-state index is 15.3. The van der Waals surface area contributed by atoms with Gasteiger partial charge in [0.1, 0.15) is 23.2 Å². The maximum Gasteiger partial charge on any atom is 0.494 e. The lowest BCUT2D eigenvalue weighted by Crippen LogP contribution is -2.41. The van der Waals surface area contributed by atoms with Crippen LogP contribution in [0.1, 0.15) is 59.2 Å². The fourth-order valence-electron chi connectivity index (χ4n) is 3.79. The van der Waals surface area contributed by atoms with E-state index < -0.39 is 24.1 Å². The summed E-state index contributed by atoms with van der Waals surface area (Å²) in [7, 11) is -0.635. The first-order chi connectivity index (χ1) is 13.9. The van der Waals surface area contributed by atoms with Crippen molar-refractivity contribution in [3.63, 3.8) is 0 Å². The minimum absolute atomic E-state index is 0.205. The van der Waals surface area contributed by atoms with Gasteiger partial charge in [0.2, 0.25) is 5.88 Å². The van der Waals surface area contributed by atoms with Gasteiger partial charge in [0.05, 0.1) is 11.2 Å². The molecular formula is C23H26BFN2O3. The number of ether oxygens (including phenoxy) is 1. The Kier molecular flexibility index (Phi) is 4.72. The lowest BCUT2D eigenvalue weighted by Gasteiger charge is -2.32. The number of rotatable bonds is 2. The summed E-state index contributed by atoms with van der Waals surface area (Å²) >= 11 is 0. The smallest absolute Gasteiger partial charge is 0.471 e. The van der Waals surface area contributed by atoms with E-state index in [1.807, 2.05) is 47.6 Å². The van der Waals surface area contributed by atoms with E-state index in [9.17, 15) is 5.26 Å². The number of halogens is 1. The highest BCUT2D eigenvalue weighted by Crippen LogP contribution is 2.40. The van der Waals surface area contributed by atoms with Crippen molar-refractivity contribution in [2.24, 2.45) is 0 Å². The third-order valence-electron chi connectivity index (χ3n) is 6.36. The van der Waals surface area contributed by atoms with Crippen LogP contribution in [0.15, 0.2) is 24.3 Å². The van der Waals surface area contributed by atoms with Gasteiger partial charge in [-0.3, -0.25) is 0 Å². The van der Waals surface area contributed by atoms with Gasteiger partial charge >= 0.3 is 7.12 Å². The van der Waals surface area contributed by atoms with Crippen molar-refractivity contribution in [2.45, 2.75) is 71.2 Å². The van der Waals surface area contributed by atoms with Crippen molar-refractivity contribution < 1.29 is 18.4 Å². The van der Waals surface area contributed by atoms with Crippen LogP contribution in [0.3, 0.4) is 0 Å². The van der Waals surface area contributed by atoms with Crippen LogP contribution >= 0.6 is 0 Å². The molecule has 0 amide bonds. The van der Waals surface area contributed by atoms with Crippen molar-refractivity contribution in [3.05, 3.63) is 41.3 Å². The molecule has 0 bridgehead atoms. The number of fused-ring (bicyclic) bond motifs is 1. The summed E-state index contributed by atoms with van der Waals surface area (Å²) in [5.41, 5.74) is 1.34. The SMILES string of the molecule is CC1(C)CCc2c(-c3ccc(B4OC(C)(C)C(C)(C)O4)cc3F)cc(C#N)nc2O1. The Morgan fingerprint density at radius 3 is 2.30 bits per heavy atom. The summed E-state index contributed by atoms with van der Waals surface area (Å²) in [6.45, 7) is 11.8. The fourth-order valence-corrected chi connectivity index (χ4v) is 3.79. The van der Waals surface area contributed by atoms with Crippen molar-refractivity contribution in [1.82, 2.24) is 4.98 Å². The molecule has 156 valence electrons. The number of aromatic nitrogens is 1. The topological polar surface area (TPSA) is 64.4 Å². The second-order valence-electron chi connectivity index (χ2n) is 9.64. The molecule has 0 atom stereocenters.